The first-order chi connectivity index (χ1) is 6.72. The van der Waals surface area contributed by atoms with Crippen molar-refractivity contribution < 1.29 is 4.74 Å². The summed E-state index contributed by atoms with van der Waals surface area (Å²) in [5.74, 6) is 0. The van der Waals surface area contributed by atoms with Crippen LogP contribution in [0.5, 0.6) is 0 Å². The van der Waals surface area contributed by atoms with E-state index in [0.29, 0.717) is 0 Å². The summed E-state index contributed by atoms with van der Waals surface area (Å²) in [6.07, 6.45) is 7.08. The van der Waals surface area contributed by atoms with E-state index in [1.54, 1.807) is 18.6 Å². The molecule has 2 unspecified atom stereocenters. The minimum absolute atomic E-state index is 0.182. The third kappa shape index (κ3) is 1.63. The van der Waals surface area contributed by atoms with Crippen molar-refractivity contribution in [2.24, 2.45) is 5.73 Å². The molecule has 0 amide bonds. The Kier molecular flexibility index (Phi) is 2.48. The summed E-state index contributed by atoms with van der Waals surface area (Å²) in [4.78, 5) is 8.21. The quantitative estimate of drug-likeness (QED) is 0.762. The maximum Gasteiger partial charge on any atom is 0.0863 e. The fourth-order valence-corrected chi connectivity index (χ4v) is 1.83. The second-order valence-electron chi connectivity index (χ2n) is 3.87. The summed E-state index contributed by atoms with van der Waals surface area (Å²) >= 11 is 0. The van der Waals surface area contributed by atoms with Crippen molar-refractivity contribution in [2.45, 2.75) is 31.4 Å². The van der Waals surface area contributed by atoms with Crippen LogP contribution in [-0.4, -0.2) is 22.2 Å². The molecule has 4 nitrogen and oxygen atoms in total. The van der Waals surface area contributed by atoms with Crippen LogP contribution in [0.3, 0.4) is 0 Å². The van der Waals surface area contributed by atoms with Crippen molar-refractivity contribution in [1.82, 2.24) is 9.97 Å². The summed E-state index contributed by atoms with van der Waals surface area (Å²) < 4.78 is 5.66. The van der Waals surface area contributed by atoms with Crippen molar-refractivity contribution in [3.05, 3.63) is 24.3 Å². The average molecular weight is 193 g/mol. The highest BCUT2D eigenvalue weighted by molar-refractivity contribution is 5.09. The average Bonchev–Trinajstić information content (AvgIpc) is 2.67. The van der Waals surface area contributed by atoms with Crippen molar-refractivity contribution in [1.29, 1.82) is 0 Å². The van der Waals surface area contributed by atoms with Gasteiger partial charge in [-0.15, -0.1) is 0 Å². The van der Waals surface area contributed by atoms with Gasteiger partial charge in [-0.2, -0.15) is 0 Å². The molecule has 2 heterocycles. The number of rotatable bonds is 2. The van der Waals surface area contributed by atoms with Gasteiger partial charge in [0.2, 0.25) is 0 Å². The van der Waals surface area contributed by atoms with E-state index < -0.39 is 0 Å². The number of ether oxygens (including phenoxy) is 1. The highest BCUT2D eigenvalue weighted by Gasteiger charge is 2.37. The maximum atomic E-state index is 6.11. The first kappa shape index (κ1) is 9.55. The molecule has 0 radical (unpaired) electrons. The Balaban J connectivity index is 2.19. The fourth-order valence-electron chi connectivity index (χ4n) is 1.83. The van der Waals surface area contributed by atoms with Gasteiger partial charge in [-0.05, 0) is 19.8 Å². The van der Waals surface area contributed by atoms with E-state index in [-0.39, 0.29) is 11.6 Å². The summed E-state index contributed by atoms with van der Waals surface area (Å²) in [5.41, 5.74) is 6.64. The molecular weight excluding hydrogens is 178 g/mol. The van der Waals surface area contributed by atoms with Gasteiger partial charge in [0.15, 0.2) is 0 Å². The Morgan fingerprint density at radius 2 is 2.43 bits per heavy atom. The molecule has 1 aliphatic rings. The lowest BCUT2D eigenvalue weighted by Gasteiger charge is -2.29. The lowest BCUT2D eigenvalue weighted by Crippen LogP contribution is -2.38. The molecule has 0 bridgehead atoms. The number of hydrogen-bond acceptors (Lipinski definition) is 4. The summed E-state index contributed by atoms with van der Waals surface area (Å²) in [7, 11) is 0. The minimum Gasteiger partial charge on any atom is -0.373 e. The van der Waals surface area contributed by atoms with Crippen molar-refractivity contribution in [3.8, 4) is 0 Å². The van der Waals surface area contributed by atoms with Crippen LogP contribution >= 0.6 is 0 Å². The molecule has 14 heavy (non-hydrogen) atoms. The van der Waals surface area contributed by atoms with Crippen LogP contribution in [0.2, 0.25) is 0 Å². The van der Waals surface area contributed by atoms with Gasteiger partial charge >= 0.3 is 0 Å². The van der Waals surface area contributed by atoms with Crippen LogP contribution in [-0.2, 0) is 4.74 Å². The SMILES string of the molecule is CC1(C(N)c2cnccn2)CCCO1. The summed E-state index contributed by atoms with van der Waals surface area (Å²) in [6.45, 7) is 2.84. The van der Waals surface area contributed by atoms with E-state index in [2.05, 4.69) is 9.97 Å². The van der Waals surface area contributed by atoms with E-state index in [4.69, 9.17) is 10.5 Å². The Bertz CT molecular complexity index is 295. The largest absolute Gasteiger partial charge is 0.373 e. The highest BCUT2D eigenvalue weighted by atomic mass is 16.5. The van der Waals surface area contributed by atoms with Crippen molar-refractivity contribution in [3.63, 3.8) is 0 Å². The number of nitrogens with two attached hydrogens (primary N) is 1. The van der Waals surface area contributed by atoms with E-state index in [0.717, 1.165) is 25.1 Å². The molecule has 76 valence electrons. The topological polar surface area (TPSA) is 61.0 Å². The molecule has 2 atom stereocenters. The van der Waals surface area contributed by atoms with Gasteiger partial charge in [0.25, 0.3) is 0 Å². The summed E-state index contributed by atoms with van der Waals surface area (Å²) in [5, 5.41) is 0. The Labute approximate surface area is 83.5 Å². The molecule has 0 aliphatic carbocycles. The lowest BCUT2D eigenvalue weighted by molar-refractivity contribution is -0.00284. The molecule has 1 fully saturated rings. The predicted molar refractivity (Wildman–Crippen MR) is 52.6 cm³/mol. The lowest BCUT2D eigenvalue weighted by atomic mass is 9.92. The third-order valence-electron chi connectivity index (χ3n) is 2.81. The smallest absolute Gasteiger partial charge is 0.0863 e. The molecule has 0 spiro atoms. The van der Waals surface area contributed by atoms with Gasteiger partial charge in [-0.25, -0.2) is 0 Å². The summed E-state index contributed by atoms with van der Waals surface area (Å²) in [6, 6.07) is -0.182. The van der Waals surface area contributed by atoms with Crippen molar-refractivity contribution >= 4 is 0 Å². The Morgan fingerprint density at radius 1 is 1.57 bits per heavy atom. The molecular formula is C10H15N3O. The zero-order chi connectivity index (χ0) is 10.0. The molecule has 1 aromatic heterocycles. The predicted octanol–water partition coefficient (Wildman–Crippen LogP) is 1.05. The van der Waals surface area contributed by atoms with E-state index >= 15 is 0 Å². The van der Waals surface area contributed by atoms with Crippen molar-refractivity contribution in [2.75, 3.05) is 6.61 Å². The normalized spacial score (nSPS) is 29.0. The first-order valence-electron chi connectivity index (χ1n) is 4.88. The molecule has 1 saturated heterocycles. The zero-order valence-corrected chi connectivity index (χ0v) is 8.31. The van der Waals surface area contributed by atoms with Crippen LogP contribution in [0.15, 0.2) is 18.6 Å². The third-order valence-corrected chi connectivity index (χ3v) is 2.81. The second kappa shape index (κ2) is 3.63. The molecule has 1 aromatic rings. The molecule has 4 heteroatoms. The van der Waals surface area contributed by atoms with Gasteiger partial charge in [0.05, 0.1) is 23.5 Å². The number of aromatic nitrogens is 2. The number of nitrogens with zero attached hydrogens (tertiary/aromatic N) is 2. The fraction of sp³-hybridized carbons (Fsp3) is 0.600. The van der Waals surface area contributed by atoms with E-state index in [1.807, 2.05) is 6.92 Å². The van der Waals surface area contributed by atoms with E-state index in [9.17, 15) is 0 Å². The van der Waals surface area contributed by atoms with Gasteiger partial charge in [-0.1, -0.05) is 0 Å². The Hall–Kier alpha value is -1.00. The molecule has 0 saturated carbocycles. The van der Waals surface area contributed by atoms with Gasteiger partial charge in [-0.3, -0.25) is 9.97 Å². The molecule has 0 aromatic carbocycles. The van der Waals surface area contributed by atoms with Crippen LogP contribution < -0.4 is 5.73 Å². The zero-order valence-electron chi connectivity index (χ0n) is 8.31. The monoisotopic (exact) mass is 193 g/mol. The second-order valence-corrected chi connectivity index (χ2v) is 3.87. The highest BCUT2D eigenvalue weighted by Crippen LogP contribution is 2.34. The molecule has 2 rings (SSSR count). The van der Waals surface area contributed by atoms with E-state index in [1.165, 1.54) is 0 Å². The molecule has 2 N–H and O–H groups in total. The Morgan fingerprint density at radius 3 is 3.00 bits per heavy atom. The van der Waals surface area contributed by atoms with Gasteiger partial charge in [0, 0.05) is 19.0 Å². The van der Waals surface area contributed by atoms with Crippen LogP contribution in [0.25, 0.3) is 0 Å². The van der Waals surface area contributed by atoms with Crippen LogP contribution in [0, 0.1) is 0 Å². The standard InChI is InChI=1S/C10H15N3O/c1-10(3-2-6-14-10)9(11)8-7-12-4-5-13-8/h4-5,7,9H,2-3,6,11H2,1H3. The molecule has 1 aliphatic heterocycles. The van der Waals surface area contributed by atoms with Gasteiger partial charge < -0.3 is 10.5 Å². The first-order valence-corrected chi connectivity index (χ1v) is 4.88. The number of hydrogen-bond donors (Lipinski definition) is 1. The maximum absolute atomic E-state index is 6.11. The van der Waals surface area contributed by atoms with Crippen LogP contribution in [0.4, 0.5) is 0 Å². The van der Waals surface area contributed by atoms with Crippen LogP contribution in [0.1, 0.15) is 31.5 Å². The van der Waals surface area contributed by atoms with Gasteiger partial charge in [0.1, 0.15) is 0 Å². The minimum atomic E-state index is -0.268.